The molecule has 0 bridgehead atoms. The first-order valence-corrected chi connectivity index (χ1v) is 7.85. The maximum absolute atomic E-state index is 12.7. The SMILES string of the molecule is CC(=O)Nc1cccc(NC(=O)c2c(C)oc(-n3cccc3)c2C#N)c1. The van der Waals surface area contributed by atoms with E-state index in [2.05, 4.69) is 10.6 Å². The molecule has 0 fully saturated rings. The highest BCUT2D eigenvalue weighted by atomic mass is 16.4. The third-order valence-electron chi connectivity index (χ3n) is 3.68. The van der Waals surface area contributed by atoms with Crippen LogP contribution in [0, 0.1) is 18.3 Å². The molecule has 3 rings (SSSR count). The van der Waals surface area contributed by atoms with E-state index < -0.39 is 5.91 Å². The van der Waals surface area contributed by atoms with Crippen molar-refractivity contribution in [2.75, 3.05) is 10.6 Å². The molecule has 0 radical (unpaired) electrons. The topological polar surface area (TPSA) is 100 Å². The number of benzene rings is 1. The van der Waals surface area contributed by atoms with Gasteiger partial charge in [0.1, 0.15) is 23.0 Å². The van der Waals surface area contributed by atoms with Gasteiger partial charge < -0.3 is 15.1 Å². The second-order valence-electron chi connectivity index (χ2n) is 5.63. The lowest BCUT2D eigenvalue weighted by atomic mass is 10.1. The molecular weight excluding hydrogens is 332 g/mol. The molecule has 0 unspecified atom stereocenters. The Labute approximate surface area is 149 Å². The van der Waals surface area contributed by atoms with Gasteiger partial charge in [-0.3, -0.25) is 14.2 Å². The average molecular weight is 348 g/mol. The first-order chi connectivity index (χ1) is 12.5. The zero-order valence-electron chi connectivity index (χ0n) is 14.2. The van der Waals surface area contributed by atoms with Gasteiger partial charge in [0.05, 0.1) is 0 Å². The Bertz CT molecular complexity index is 1010. The standard InChI is InChI=1S/C19H16N4O3/c1-12-17(16(11-20)19(26-12)23-8-3-4-9-23)18(25)22-15-7-5-6-14(10-15)21-13(2)24/h3-10H,1-2H3,(H,21,24)(H,22,25). The summed E-state index contributed by atoms with van der Waals surface area (Å²) in [5.74, 6) is -0.0172. The second-order valence-corrected chi connectivity index (χ2v) is 5.63. The van der Waals surface area contributed by atoms with Crippen LogP contribution in [0.5, 0.6) is 0 Å². The summed E-state index contributed by atoms with van der Waals surface area (Å²) in [6, 6.07) is 12.4. The van der Waals surface area contributed by atoms with Crippen LogP contribution in [0.25, 0.3) is 5.88 Å². The van der Waals surface area contributed by atoms with Crippen LogP contribution >= 0.6 is 0 Å². The number of anilines is 2. The highest BCUT2D eigenvalue weighted by Crippen LogP contribution is 2.26. The third kappa shape index (κ3) is 3.35. The molecule has 0 aliphatic heterocycles. The molecule has 26 heavy (non-hydrogen) atoms. The van der Waals surface area contributed by atoms with E-state index in [0.29, 0.717) is 23.0 Å². The van der Waals surface area contributed by atoms with E-state index in [9.17, 15) is 14.9 Å². The van der Waals surface area contributed by atoms with Gasteiger partial charge in [0, 0.05) is 30.7 Å². The van der Waals surface area contributed by atoms with Crippen molar-refractivity contribution < 1.29 is 14.0 Å². The molecule has 0 aliphatic carbocycles. The molecule has 1 aromatic carbocycles. The summed E-state index contributed by atoms with van der Waals surface area (Å²) in [4.78, 5) is 23.9. The number of aryl methyl sites for hydroxylation is 1. The second kappa shape index (κ2) is 6.99. The van der Waals surface area contributed by atoms with Gasteiger partial charge in [-0.2, -0.15) is 5.26 Å². The van der Waals surface area contributed by atoms with Crippen molar-refractivity contribution in [2.45, 2.75) is 13.8 Å². The van der Waals surface area contributed by atoms with Crippen molar-refractivity contribution >= 4 is 23.2 Å². The smallest absolute Gasteiger partial charge is 0.260 e. The molecule has 7 heteroatoms. The van der Waals surface area contributed by atoms with Crippen LogP contribution < -0.4 is 10.6 Å². The van der Waals surface area contributed by atoms with Crippen molar-refractivity contribution in [3.8, 4) is 12.0 Å². The van der Waals surface area contributed by atoms with Crippen LogP contribution in [0.15, 0.2) is 53.2 Å². The minimum Gasteiger partial charge on any atom is -0.443 e. The summed E-state index contributed by atoms with van der Waals surface area (Å²) in [5, 5.41) is 14.9. The number of hydrogen-bond donors (Lipinski definition) is 2. The van der Waals surface area contributed by atoms with Gasteiger partial charge in [-0.25, -0.2) is 0 Å². The maximum Gasteiger partial charge on any atom is 0.260 e. The molecule has 2 aromatic heterocycles. The van der Waals surface area contributed by atoms with E-state index in [4.69, 9.17) is 4.42 Å². The first-order valence-electron chi connectivity index (χ1n) is 7.85. The Morgan fingerprint density at radius 2 is 1.77 bits per heavy atom. The van der Waals surface area contributed by atoms with Crippen LogP contribution in [0.3, 0.4) is 0 Å². The Hall–Kier alpha value is -3.79. The number of amides is 2. The molecule has 2 heterocycles. The predicted molar refractivity (Wildman–Crippen MR) is 96.2 cm³/mol. The van der Waals surface area contributed by atoms with Crippen molar-refractivity contribution in [3.63, 3.8) is 0 Å². The van der Waals surface area contributed by atoms with Crippen LogP contribution in [-0.4, -0.2) is 16.4 Å². The van der Waals surface area contributed by atoms with Crippen molar-refractivity contribution in [1.29, 1.82) is 5.26 Å². The fourth-order valence-corrected chi connectivity index (χ4v) is 2.63. The average Bonchev–Trinajstić information content (AvgIpc) is 3.21. The van der Waals surface area contributed by atoms with Gasteiger partial charge in [0.15, 0.2) is 0 Å². The summed E-state index contributed by atoms with van der Waals surface area (Å²) in [6.45, 7) is 3.04. The van der Waals surface area contributed by atoms with Crippen molar-refractivity contribution in [3.05, 3.63) is 65.7 Å². The number of carbonyl (C=O) groups excluding carboxylic acids is 2. The van der Waals surface area contributed by atoms with Gasteiger partial charge in [0.2, 0.25) is 11.8 Å². The zero-order chi connectivity index (χ0) is 18.7. The summed E-state index contributed by atoms with van der Waals surface area (Å²) in [6.07, 6.45) is 3.47. The molecule has 0 saturated heterocycles. The molecule has 0 spiro atoms. The minimum atomic E-state index is -0.457. The van der Waals surface area contributed by atoms with E-state index in [1.807, 2.05) is 6.07 Å². The number of hydrogen-bond acceptors (Lipinski definition) is 4. The number of aromatic nitrogens is 1. The molecule has 2 N–H and O–H groups in total. The van der Waals surface area contributed by atoms with Crippen LogP contribution in [0.4, 0.5) is 11.4 Å². The maximum atomic E-state index is 12.7. The third-order valence-corrected chi connectivity index (χ3v) is 3.68. The predicted octanol–water partition coefficient (Wildman–Crippen LogP) is 3.46. The van der Waals surface area contributed by atoms with Crippen molar-refractivity contribution in [2.24, 2.45) is 0 Å². The zero-order valence-corrected chi connectivity index (χ0v) is 14.2. The van der Waals surface area contributed by atoms with E-state index in [0.717, 1.165) is 0 Å². The van der Waals surface area contributed by atoms with Gasteiger partial charge in [-0.05, 0) is 37.3 Å². The molecule has 2 amide bonds. The van der Waals surface area contributed by atoms with E-state index in [-0.39, 0.29) is 17.0 Å². The molecule has 0 atom stereocenters. The molecular formula is C19H16N4O3. The summed E-state index contributed by atoms with van der Waals surface area (Å²) in [5.41, 5.74) is 1.40. The molecule has 0 aliphatic rings. The van der Waals surface area contributed by atoms with Gasteiger partial charge >= 0.3 is 0 Å². The molecule has 3 aromatic rings. The van der Waals surface area contributed by atoms with E-state index in [1.165, 1.54) is 6.92 Å². The quantitative estimate of drug-likeness (QED) is 0.754. The summed E-state index contributed by atoms with van der Waals surface area (Å²) < 4.78 is 7.28. The van der Waals surface area contributed by atoms with E-state index in [1.54, 1.807) is 60.3 Å². The largest absolute Gasteiger partial charge is 0.443 e. The summed E-state index contributed by atoms with van der Waals surface area (Å²) >= 11 is 0. The van der Waals surface area contributed by atoms with Crippen LogP contribution in [-0.2, 0) is 4.79 Å². The normalized spacial score (nSPS) is 10.2. The number of rotatable bonds is 4. The van der Waals surface area contributed by atoms with E-state index >= 15 is 0 Å². The Balaban J connectivity index is 1.92. The fourth-order valence-electron chi connectivity index (χ4n) is 2.63. The first kappa shape index (κ1) is 17.0. The number of furan rings is 1. The highest BCUT2D eigenvalue weighted by molar-refractivity contribution is 6.07. The number of nitrogens with one attached hydrogen (secondary N) is 2. The van der Waals surface area contributed by atoms with Crippen molar-refractivity contribution in [1.82, 2.24) is 4.57 Å². The lowest BCUT2D eigenvalue weighted by Crippen LogP contribution is -2.14. The lowest BCUT2D eigenvalue weighted by Gasteiger charge is -2.07. The molecule has 0 saturated carbocycles. The highest BCUT2D eigenvalue weighted by Gasteiger charge is 2.24. The van der Waals surface area contributed by atoms with Crippen LogP contribution in [0.2, 0.25) is 0 Å². The number of carbonyl (C=O) groups is 2. The molecule has 130 valence electrons. The lowest BCUT2D eigenvalue weighted by molar-refractivity contribution is -0.114. The van der Waals surface area contributed by atoms with Gasteiger partial charge in [-0.1, -0.05) is 6.07 Å². The molecule has 7 nitrogen and oxygen atoms in total. The number of nitriles is 1. The Morgan fingerprint density at radius 1 is 1.12 bits per heavy atom. The number of nitrogens with zero attached hydrogens (tertiary/aromatic N) is 2. The monoisotopic (exact) mass is 348 g/mol. The fraction of sp³-hybridized carbons (Fsp3) is 0.105. The van der Waals surface area contributed by atoms with Crippen LogP contribution in [0.1, 0.15) is 28.6 Å². The summed E-state index contributed by atoms with van der Waals surface area (Å²) in [7, 11) is 0. The Kier molecular flexibility index (Phi) is 4.58. The van der Waals surface area contributed by atoms with Gasteiger partial charge in [0.25, 0.3) is 5.91 Å². The minimum absolute atomic E-state index is 0.161. The Morgan fingerprint density at radius 3 is 2.38 bits per heavy atom. The van der Waals surface area contributed by atoms with Gasteiger partial charge in [-0.15, -0.1) is 0 Å².